The highest BCUT2D eigenvalue weighted by Crippen LogP contribution is 2.34. The number of carbonyl (C=O) groups excluding carboxylic acids is 2. The Labute approximate surface area is 122 Å². The molecule has 0 aromatic heterocycles. The Kier molecular flexibility index (Phi) is 3.08. The highest BCUT2D eigenvalue weighted by atomic mass is 19.1. The third kappa shape index (κ3) is 2.13. The summed E-state index contributed by atoms with van der Waals surface area (Å²) in [6.45, 7) is 8.01. The first-order valence-corrected chi connectivity index (χ1v) is 7.00. The van der Waals surface area contributed by atoms with Crippen molar-refractivity contribution < 1.29 is 14.0 Å². The maximum Gasteiger partial charge on any atom is 0.255 e. The Bertz CT molecular complexity index is 666. The van der Waals surface area contributed by atoms with E-state index in [1.807, 2.05) is 13.8 Å². The van der Waals surface area contributed by atoms with Gasteiger partial charge in [-0.15, -0.1) is 0 Å². The largest absolute Gasteiger partial charge is 0.328 e. The third-order valence-corrected chi connectivity index (χ3v) is 4.11. The van der Waals surface area contributed by atoms with Gasteiger partial charge in [-0.05, 0) is 29.2 Å². The summed E-state index contributed by atoms with van der Waals surface area (Å²) in [6, 6.07) is 2.21. The van der Waals surface area contributed by atoms with Crippen LogP contribution in [0, 0.1) is 5.82 Å². The third-order valence-electron chi connectivity index (χ3n) is 4.11. The van der Waals surface area contributed by atoms with Crippen molar-refractivity contribution in [2.75, 3.05) is 0 Å². The summed E-state index contributed by atoms with van der Waals surface area (Å²) in [5.74, 6) is -0.781. The molecule has 3 rings (SSSR count). The molecule has 1 unspecified atom stereocenters. The molecule has 1 N–H and O–H groups in total. The highest BCUT2D eigenvalue weighted by molar-refractivity contribution is 6.02. The predicted molar refractivity (Wildman–Crippen MR) is 76.1 cm³/mol. The van der Waals surface area contributed by atoms with E-state index in [-0.39, 0.29) is 17.7 Å². The van der Waals surface area contributed by atoms with Crippen molar-refractivity contribution in [3.63, 3.8) is 0 Å². The van der Waals surface area contributed by atoms with Crippen molar-refractivity contribution in [1.82, 2.24) is 10.2 Å². The number of fused-ring (bicyclic) bond motifs is 1. The predicted octanol–water partition coefficient (Wildman–Crippen LogP) is 2.31. The molecule has 1 atom stereocenters. The summed E-state index contributed by atoms with van der Waals surface area (Å²) < 4.78 is 13.7. The Balaban J connectivity index is 2.01. The molecule has 0 saturated carbocycles. The number of hydrogen-bond acceptors (Lipinski definition) is 2. The lowest BCUT2D eigenvalue weighted by atomic mass is 9.94. The molecule has 1 aromatic rings. The summed E-state index contributed by atoms with van der Waals surface area (Å²) in [5.41, 5.74) is 2.66. The fourth-order valence-electron chi connectivity index (χ4n) is 3.08. The number of rotatable bonds is 2. The fourth-order valence-corrected chi connectivity index (χ4v) is 3.08. The lowest BCUT2D eigenvalue weighted by Crippen LogP contribution is -2.40. The molecule has 2 heterocycles. The topological polar surface area (TPSA) is 49.4 Å². The van der Waals surface area contributed by atoms with E-state index in [2.05, 4.69) is 11.9 Å². The van der Waals surface area contributed by atoms with E-state index in [1.54, 1.807) is 0 Å². The first-order chi connectivity index (χ1) is 9.88. The summed E-state index contributed by atoms with van der Waals surface area (Å²) >= 11 is 0. The molecular formula is C16H17FN2O2. The number of halogens is 1. The summed E-state index contributed by atoms with van der Waals surface area (Å²) in [7, 11) is 0. The zero-order valence-electron chi connectivity index (χ0n) is 12.1. The Morgan fingerprint density at radius 1 is 1.38 bits per heavy atom. The number of amides is 2. The lowest BCUT2D eigenvalue weighted by molar-refractivity contribution is -0.122. The average Bonchev–Trinajstić information content (AvgIpc) is 2.89. The van der Waals surface area contributed by atoms with Gasteiger partial charge in [-0.2, -0.15) is 0 Å². The van der Waals surface area contributed by atoms with E-state index >= 15 is 0 Å². The molecule has 5 heteroatoms. The van der Waals surface area contributed by atoms with E-state index in [1.165, 1.54) is 17.0 Å². The molecule has 4 nitrogen and oxygen atoms in total. The van der Waals surface area contributed by atoms with E-state index in [9.17, 15) is 14.0 Å². The molecule has 110 valence electrons. The minimum Gasteiger partial charge on any atom is -0.328 e. The maximum atomic E-state index is 13.7. The maximum absolute atomic E-state index is 13.7. The standard InChI is InChI=1S/C16H17FN2O2/c1-8(2)11-5-10(17)6-12-13(11)7-19(16(12)21)14-4-9(3)18-15(14)20/h5-6,8,14H,3-4,7H2,1-2H3,(H,18,20). The summed E-state index contributed by atoms with van der Waals surface area (Å²) in [5, 5.41) is 2.64. The van der Waals surface area contributed by atoms with E-state index in [4.69, 9.17) is 0 Å². The van der Waals surface area contributed by atoms with Crippen LogP contribution in [0.15, 0.2) is 24.4 Å². The second-order valence-corrected chi connectivity index (χ2v) is 5.92. The van der Waals surface area contributed by atoms with Gasteiger partial charge in [0.2, 0.25) is 5.91 Å². The molecule has 0 radical (unpaired) electrons. The first-order valence-electron chi connectivity index (χ1n) is 7.00. The van der Waals surface area contributed by atoms with Crippen LogP contribution in [0.1, 0.15) is 47.7 Å². The molecule has 0 bridgehead atoms. The van der Waals surface area contributed by atoms with Crippen LogP contribution in [0.4, 0.5) is 4.39 Å². The molecule has 1 fully saturated rings. The normalized spacial score (nSPS) is 21.2. The fraction of sp³-hybridized carbons (Fsp3) is 0.375. The van der Waals surface area contributed by atoms with Gasteiger partial charge in [0.05, 0.1) is 0 Å². The monoisotopic (exact) mass is 288 g/mol. The van der Waals surface area contributed by atoms with Gasteiger partial charge < -0.3 is 10.2 Å². The smallest absolute Gasteiger partial charge is 0.255 e. The van der Waals surface area contributed by atoms with Gasteiger partial charge in [-0.3, -0.25) is 9.59 Å². The molecule has 1 saturated heterocycles. The van der Waals surface area contributed by atoms with E-state index in [0.29, 0.717) is 24.2 Å². The quantitative estimate of drug-likeness (QED) is 0.908. The SMILES string of the molecule is C=C1CC(N2Cc3c(cc(F)cc3C(C)C)C2=O)C(=O)N1. The van der Waals surface area contributed by atoms with Crippen LogP contribution in [0.3, 0.4) is 0 Å². The second kappa shape index (κ2) is 4.69. The van der Waals surface area contributed by atoms with Crippen molar-refractivity contribution in [1.29, 1.82) is 0 Å². The minimum absolute atomic E-state index is 0.120. The molecule has 2 aliphatic heterocycles. The van der Waals surface area contributed by atoms with Crippen LogP contribution in [0.5, 0.6) is 0 Å². The Hall–Kier alpha value is -2.17. The van der Waals surface area contributed by atoms with Crippen LogP contribution in [0.2, 0.25) is 0 Å². The highest BCUT2D eigenvalue weighted by Gasteiger charge is 2.40. The molecule has 21 heavy (non-hydrogen) atoms. The summed E-state index contributed by atoms with van der Waals surface area (Å²) in [6.07, 6.45) is 0.415. The van der Waals surface area contributed by atoms with Crippen molar-refractivity contribution >= 4 is 11.8 Å². The first kappa shape index (κ1) is 13.8. The number of hydrogen-bond donors (Lipinski definition) is 1. The van der Waals surface area contributed by atoms with E-state index < -0.39 is 11.9 Å². The number of nitrogens with zero attached hydrogens (tertiary/aromatic N) is 1. The minimum atomic E-state index is -0.541. The second-order valence-electron chi connectivity index (χ2n) is 5.92. The zero-order valence-corrected chi connectivity index (χ0v) is 12.1. The number of nitrogens with one attached hydrogen (secondary N) is 1. The van der Waals surface area contributed by atoms with Gasteiger partial charge in [0.15, 0.2) is 0 Å². The lowest BCUT2D eigenvalue weighted by Gasteiger charge is -2.21. The van der Waals surface area contributed by atoms with Crippen molar-refractivity contribution in [3.05, 3.63) is 46.9 Å². The van der Waals surface area contributed by atoms with Gasteiger partial charge >= 0.3 is 0 Å². The average molecular weight is 288 g/mol. The zero-order chi connectivity index (χ0) is 15.3. The van der Waals surface area contributed by atoms with Crippen molar-refractivity contribution in [2.24, 2.45) is 0 Å². The van der Waals surface area contributed by atoms with Gasteiger partial charge in [0, 0.05) is 24.2 Å². The van der Waals surface area contributed by atoms with Gasteiger partial charge in [-0.1, -0.05) is 20.4 Å². The molecule has 1 aromatic carbocycles. The number of carbonyl (C=O) groups is 2. The van der Waals surface area contributed by atoms with E-state index in [0.717, 1.165) is 11.1 Å². The number of benzene rings is 1. The molecule has 2 aliphatic rings. The Morgan fingerprint density at radius 3 is 2.67 bits per heavy atom. The van der Waals surface area contributed by atoms with Crippen LogP contribution >= 0.6 is 0 Å². The molecule has 0 aliphatic carbocycles. The van der Waals surface area contributed by atoms with Crippen molar-refractivity contribution in [2.45, 2.75) is 38.8 Å². The van der Waals surface area contributed by atoms with Crippen molar-refractivity contribution in [3.8, 4) is 0 Å². The Morgan fingerprint density at radius 2 is 2.10 bits per heavy atom. The molecular weight excluding hydrogens is 271 g/mol. The van der Waals surface area contributed by atoms with Crippen LogP contribution in [-0.4, -0.2) is 22.8 Å². The van der Waals surface area contributed by atoms with Gasteiger partial charge in [0.1, 0.15) is 11.9 Å². The van der Waals surface area contributed by atoms with Gasteiger partial charge in [0.25, 0.3) is 5.91 Å². The molecule has 2 amide bonds. The van der Waals surface area contributed by atoms with Gasteiger partial charge in [-0.25, -0.2) is 4.39 Å². The van der Waals surface area contributed by atoms with Crippen LogP contribution < -0.4 is 5.32 Å². The van der Waals surface area contributed by atoms with Crippen LogP contribution in [0.25, 0.3) is 0 Å². The molecule has 0 spiro atoms. The summed E-state index contributed by atoms with van der Waals surface area (Å²) in [4.78, 5) is 25.9. The van der Waals surface area contributed by atoms with Crippen LogP contribution in [-0.2, 0) is 11.3 Å².